The lowest BCUT2D eigenvalue weighted by molar-refractivity contribution is 0.291. The number of hydrogen-bond donors (Lipinski definition) is 1. The van der Waals surface area contributed by atoms with E-state index in [9.17, 15) is 4.39 Å². The normalized spacial score (nSPS) is 22.1. The maximum Gasteiger partial charge on any atom is 0.135 e. The number of rotatable bonds is 1. The molecular weight excluding hydrogens is 235 g/mol. The second kappa shape index (κ2) is 6.02. The van der Waals surface area contributed by atoms with Crippen molar-refractivity contribution >= 4 is 16.3 Å². The first-order valence-corrected chi connectivity index (χ1v) is 6.96. The van der Waals surface area contributed by atoms with Crippen LogP contribution in [0.1, 0.15) is 68.1 Å². The fraction of sp³-hybridized carbons (Fsp3) is 0.615. The van der Waals surface area contributed by atoms with Crippen LogP contribution in [0.2, 0.25) is 0 Å². The molecule has 0 aliphatic heterocycles. The van der Waals surface area contributed by atoms with Gasteiger partial charge in [-0.1, -0.05) is 20.8 Å². The molecule has 4 heteroatoms. The Kier molecular flexibility index (Phi) is 4.95. The molecule has 2 unspecified atom stereocenters. The molecule has 17 heavy (non-hydrogen) atoms. The number of fused-ring (bicyclic) bond motifs is 1. The summed E-state index contributed by atoms with van der Waals surface area (Å²) in [6, 6.07) is 2.11. The van der Waals surface area contributed by atoms with Crippen LogP contribution in [0.4, 0.5) is 9.39 Å². The van der Waals surface area contributed by atoms with E-state index in [0.29, 0.717) is 27.8 Å². The van der Waals surface area contributed by atoms with Gasteiger partial charge in [0.2, 0.25) is 0 Å². The zero-order valence-electron chi connectivity index (χ0n) is 10.6. The first kappa shape index (κ1) is 14.0. The molecule has 2 N–H and O–H groups in total. The maximum absolute atomic E-state index is 13.7. The van der Waals surface area contributed by atoms with Gasteiger partial charge in [0.25, 0.3) is 0 Å². The minimum absolute atomic E-state index is 0.315. The van der Waals surface area contributed by atoms with Gasteiger partial charge >= 0.3 is 0 Å². The quantitative estimate of drug-likeness (QED) is 0.800. The lowest BCUT2D eigenvalue weighted by Crippen LogP contribution is -2.10. The second-order valence-corrected chi connectivity index (χ2v) is 4.96. The van der Waals surface area contributed by atoms with Crippen LogP contribution in [0.15, 0.2) is 0 Å². The first-order chi connectivity index (χ1) is 8.19. The number of halogens is 1. The van der Waals surface area contributed by atoms with Crippen molar-refractivity contribution in [3.05, 3.63) is 16.0 Å². The average Bonchev–Trinajstić information content (AvgIpc) is 2.70. The van der Waals surface area contributed by atoms with Crippen LogP contribution in [-0.2, 0) is 0 Å². The lowest BCUT2D eigenvalue weighted by Gasteiger charge is -2.23. The number of alkyl halides is 1. The zero-order chi connectivity index (χ0) is 13.0. The molecule has 0 radical (unpaired) electrons. The smallest absolute Gasteiger partial charge is 0.135 e. The summed E-state index contributed by atoms with van der Waals surface area (Å²) in [6.45, 7) is 6.07. The van der Waals surface area contributed by atoms with E-state index in [1.54, 1.807) is 0 Å². The highest BCUT2D eigenvalue weighted by Crippen LogP contribution is 2.48. The molecule has 0 amide bonds. The van der Waals surface area contributed by atoms with Gasteiger partial charge in [0.1, 0.15) is 17.2 Å². The van der Waals surface area contributed by atoms with Gasteiger partial charge in [0, 0.05) is 4.88 Å². The number of anilines is 1. The van der Waals surface area contributed by atoms with Gasteiger partial charge in [-0.25, -0.2) is 4.39 Å². The van der Waals surface area contributed by atoms with Gasteiger partial charge in [-0.3, -0.25) is 0 Å². The Morgan fingerprint density at radius 3 is 2.65 bits per heavy atom. The van der Waals surface area contributed by atoms with Crippen LogP contribution in [0.5, 0.6) is 0 Å². The summed E-state index contributed by atoms with van der Waals surface area (Å²) < 4.78 is 13.7. The van der Waals surface area contributed by atoms with Crippen molar-refractivity contribution in [3.8, 4) is 6.07 Å². The van der Waals surface area contributed by atoms with Gasteiger partial charge in [0.15, 0.2) is 0 Å². The van der Waals surface area contributed by atoms with Gasteiger partial charge in [-0.15, -0.1) is 11.3 Å². The van der Waals surface area contributed by atoms with E-state index in [2.05, 4.69) is 13.0 Å². The number of nitrogens with zero attached hydrogens (tertiary/aromatic N) is 1. The van der Waals surface area contributed by atoms with E-state index in [1.807, 2.05) is 13.8 Å². The molecule has 1 heterocycles. The Labute approximate surface area is 106 Å². The van der Waals surface area contributed by atoms with Gasteiger partial charge in [0.05, 0.1) is 5.56 Å². The highest BCUT2D eigenvalue weighted by atomic mass is 32.1. The first-order valence-electron chi connectivity index (χ1n) is 6.15. The monoisotopic (exact) mass is 254 g/mol. The minimum atomic E-state index is -0.919. The minimum Gasteiger partial charge on any atom is -0.389 e. The number of nitriles is 1. The van der Waals surface area contributed by atoms with Crippen molar-refractivity contribution in [2.45, 2.75) is 52.1 Å². The van der Waals surface area contributed by atoms with Crippen LogP contribution in [-0.4, -0.2) is 0 Å². The molecule has 0 fully saturated rings. The van der Waals surface area contributed by atoms with Gasteiger partial charge in [-0.2, -0.15) is 5.26 Å². The van der Waals surface area contributed by atoms with Crippen molar-refractivity contribution in [2.75, 3.05) is 5.73 Å². The SMILES string of the molecule is CC.CCC1CCC(F)c2sc(N)c(C#N)c21. The Hall–Kier alpha value is -1.08. The highest BCUT2D eigenvalue weighted by molar-refractivity contribution is 7.16. The topological polar surface area (TPSA) is 49.8 Å². The lowest BCUT2D eigenvalue weighted by atomic mass is 9.83. The van der Waals surface area contributed by atoms with E-state index in [4.69, 9.17) is 11.0 Å². The summed E-state index contributed by atoms with van der Waals surface area (Å²) in [5, 5.41) is 9.49. The van der Waals surface area contributed by atoms with Crippen LogP contribution >= 0.6 is 11.3 Å². The van der Waals surface area contributed by atoms with Crippen molar-refractivity contribution in [1.82, 2.24) is 0 Å². The molecule has 0 saturated carbocycles. The van der Waals surface area contributed by atoms with Crippen molar-refractivity contribution in [3.63, 3.8) is 0 Å². The number of thiophene rings is 1. The summed E-state index contributed by atoms with van der Waals surface area (Å²) in [5.74, 6) is 0.315. The van der Waals surface area contributed by atoms with Crippen molar-refractivity contribution < 1.29 is 4.39 Å². The standard InChI is InChI=1S/C11H13FN2S.C2H6/c1-2-6-3-4-8(12)10-9(6)7(5-13)11(14)15-10;1-2/h6,8H,2-4,14H2,1H3;1-2H3. The predicted octanol–water partition coefficient (Wildman–Crippen LogP) is 4.53. The van der Waals surface area contributed by atoms with Crippen molar-refractivity contribution in [2.24, 2.45) is 0 Å². The molecular formula is C13H19FN2S. The molecule has 2 rings (SSSR count). The predicted molar refractivity (Wildman–Crippen MR) is 70.9 cm³/mol. The summed E-state index contributed by atoms with van der Waals surface area (Å²) in [4.78, 5) is 0.696. The Morgan fingerprint density at radius 2 is 2.12 bits per heavy atom. The summed E-state index contributed by atoms with van der Waals surface area (Å²) in [6.07, 6.45) is 1.42. The van der Waals surface area contributed by atoms with Crippen LogP contribution in [0.25, 0.3) is 0 Å². The van der Waals surface area contributed by atoms with E-state index in [0.717, 1.165) is 18.4 Å². The fourth-order valence-electron chi connectivity index (χ4n) is 2.26. The molecule has 0 bridgehead atoms. The fourth-order valence-corrected chi connectivity index (χ4v) is 3.38. The molecule has 1 aliphatic rings. The average molecular weight is 254 g/mol. The molecule has 0 spiro atoms. The van der Waals surface area contributed by atoms with E-state index in [-0.39, 0.29) is 0 Å². The summed E-state index contributed by atoms with van der Waals surface area (Å²) in [5.41, 5.74) is 7.15. The molecule has 1 aromatic rings. The van der Waals surface area contributed by atoms with Gasteiger partial charge < -0.3 is 5.73 Å². The Balaban J connectivity index is 0.000000686. The third kappa shape index (κ3) is 2.44. The highest BCUT2D eigenvalue weighted by Gasteiger charge is 2.32. The molecule has 2 nitrogen and oxygen atoms in total. The molecule has 94 valence electrons. The second-order valence-electron chi connectivity index (χ2n) is 3.88. The summed E-state index contributed by atoms with van der Waals surface area (Å²) >= 11 is 1.25. The van der Waals surface area contributed by atoms with E-state index in [1.165, 1.54) is 11.3 Å². The molecule has 2 atom stereocenters. The molecule has 0 aromatic carbocycles. The zero-order valence-corrected chi connectivity index (χ0v) is 11.4. The Morgan fingerprint density at radius 1 is 1.47 bits per heavy atom. The third-order valence-corrected chi connectivity index (χ3v) is 4.19. The Bertz CT molecular complexity index is 420. The van der Waals surface area contributed by atoms with Gasteiger partial charge in [-0.05, 0) is 30.7 Å². The van der Waals surface area contributed by atoms with E-state index < -0.39 is 6.17 Å². The van der Waals surface area contributed by atoms with Crippen LogP contribution in [0.3, 0.4) is 0 Å². The molecule has 1 aromatic heterocycles. The largest absolute Gasteiger partial charge is 0.389 e. The van der Waals surface area contributed by atoms with Crippen LogP contribution < -0.4 is 5.73 Å². The molecule has 1 aliphatic carbocycles. The van der Waals surface area contributed by atoms with Crippen molar-refractivity contribution in [1.29, 1.82) is 5.26 Å². The number of nitrogens with two attached hydrogens (primary N) is 1. The van der Waals surface area contributed by atoms with Crippen LogP contribution in [0, 0.1) is 11.3 Å². The third-order valence-electron chi connectivity index (χ3n) is 3.07. The molecule has 0 saturated heterocycles. The van der Waals surface area contributed by atoms with E-state index >= 15 is 0 Å². The maximum atomic E-state index is 13.7. The number of hydrogen-bond acceptors (Lipinski definition) is 3. The number of nitrogen functional groups attached to an aromatic ring is 1. The summed E-state index contributed by atoms with van der Waals surface area (Å²) in [7, 11) is 0.